The maximum absolute atomic E-state index is 13.1. The van der Waals surface area contributed by atoms with E-state index in [1.165, 1.54) is 0 Å². The van der Waals surface area contributed by atoms with Gasteiger partial charge in [-0.05, 0) is 31.9 Å². The smallest absolute Gasteiger partial charge is 0.353 e. The molecular formula is C19H21F3N2O3. The Kier molecular flexibility index (Phi) is 5.26. The molecule has 1 N–H and O–H groups in total. The minimum Gasteiger partial charge on any atom is -0.353 e. The second-order valence-corrected chi connectivity index (χ2v) is 7.17. The maximum atomic E-state index is 13.1. The van der Waals surface area contributed by atoms with Crippen LogP contribution in [0.1, 0.15) is 58.4 Å². The van der Waals surface area contributed by atoms with Crippen LogP contribution < -0.4 is 5.32 Å². The lowest BCUT2D eigenvalue weighted by atomic mass is 9.84. The van der Waals surface area contributed by atoms with Gasteiger partial charge in [0.2, 0.25) is 5.91 Å². The molecule has 1 fully saturated rings. The van der Waals surface area contributed by atoms with E-state index in [2.05, 4.69) is 5.32 Å². The molecule has 1 saturated carbocycles. The minimum atomic E-state index is -4.35. The zero-order chi connectivity index (χ0) is 19.8. The summed E-state index contributed by atoms with van der Waals surface area (Å²) in [5.74, 6) is -3.08. The van der Waals surface area contributed by atoms with E-state index >= 15 is 0 Å². The molecular weight excluding hydrogens is 361 g/mol. The van der Waals surface area contributed by atoms with Crippen LogP contribution in [0.5, 0.6) is 0 Å². The average molecular weight is 382 g/mol. The molecule has 0 spiro atoms. The Labute approximate surface area is 154 Å². The van der Waals surface area contributed by atoms with E-state index in [1.54, 1.807) is 25.1 Å². The number of hydrogen-bond donors (Lipinski definition) is 1. The molecule has 146 valence electrons. The zero-order valence-corrected chi connectivity index (χ0v) is 14.9. The van der Waals surface area contributed by atoms with Crippen molar-refractivity contribution in [1.82, 2.24) is 10.2 Å². The van der Waals surface area contributed by atoms with Crippen LogP contribution in [0.2, 0.25) is 0 Å². The van der Waals surface area contributed by atoms with Crippen molar-refractivity contribution in [3.63, 3.8) is 0 Å². The summed E-state index contributed by atoms with van der Waals surface area (Å²) in [4.78, 5) is 37.8. The molecule has 2 atom stereocenters. The van der Waals surface area contributed by atoms with Crippen molar-refractivity contribution in [2.75, 3.05) is 6.54 Å². The largest absolute Gasteiger partial charge is 0.393 e. The highest BCUT2D eigenvalue weighted by Gasteiger charge is 2.46. The highest BCUT2D eigenvalue weighted by molar-refractivity contribution is 6.21. The number of fused-ring (bicyclic) bond motifs is 1. The first kappa shape index (κ1) is 19.4. The number of rotatable bonds is 4. The second-order valence-electron chi connectivity index (χ2n) is 7.17. The van der Waals surface area contributed by atoms with E-state index in [0.29, 0.717) is 18.4 Å². The number of halogens is 3. The number of hydrogen-bond acceptors (Lipinski definition) is 3. The van der Waals surface area contributed by atoms with Crippen LogP contribution in [0.3, 0.4) is 0 Å². The second kappa shape index (κ2) is 7.32. The predicted octanol–water partition coefficient (Wildman–Crippen LogP) is 3.22. The number of carbonyl (C=O) groups is 3. The molecule has 0 aromatic heterocycles. The van der Waals surface area contributed by atoms with Crippen molar-refractivity contribution in [3.8, 4) is 0 Å². The van der Waals surface area contributed by atoms with Crippen LogP contribution in [-0.4, -0.2) is 41.4 Å². The molecule has 0 radical (unpaired) electrons. The summed E-state index contributed by atoms with van der Waals surface area (Å²) in [5, 5.41) is 2.45. The molecule has 1 aliphatic heterocycles. The highest BCUT2D eigenvalue weighted by Crippen LogP contribution is 2.37. The van der Waals surface area contributed by atoms with Crippen molar-refractivity contribution in [2.24, 2.45) is 5.92 Å². The third-order valence-corrected chi connectivity index (χ3v) is 5.22. The quantitative estimate of drug-likeness (QED) is 0.813. The lowest BCUT2D eigenvalue weighted by Gasteiger charge is -2.33. The van der Waals surface area contributed by atoms with E-state index in [1.807, 2.05) is 0 Å². The number of imide groups is 1. The van der Waals surface area contributed by atoms with Gasteiger partial charge in [0.25, 0.3) is 11.8 Å². The molecule has 1 aliphatic carbocycles. The number of amides is 3. The fourth-order valence-electron chi connectivity index (χ4n) is 3.80. The number of benzene rings is 1. The summed E-state index contributed by atoms with van der Waals surface area (Å²) in [6.07, 6.45) is -3.15. The van der Waals surface area contributed by atoms with Crippen LogP contribution in [0, 0.1) is 12.8 Å². The summed E-state index contributed by atoms with van der Waals surface area (Å²) in [7, 11) is 0. The van der Waals surface area contributed by atoms with Gasteiger partial charge in [0, 0.05) is 19.0 Å². The van der Waals surface area contributed by atoms with Crippen LogP contribution in [0.15, 0.2) is 18.2 Å². The fourth-order valence-corrected chi connectivity index (χ4v) is 3.80. The molecule has 0 bridgehead atoms. The summed E-state index contributed by atoms with van der Waals surface area (Å²) >= 11 is 0. The Balaban J connectivity index is 1.60. The van der Waals surface area contributed by atoms with E-state index < -0.39 is 35.9 Å². The molecule has 1 heterocycles. The Morgan fingerprint density at radius 3 is 2.52 bits per heavy atom. The first-order valence-corrected chi connectivity index (χ1v) is 9.01. The first-order chi connectivity index (χ1) is 12.7. The van der Waals surface area contributed by atoms with Gasteiger partial charge < -0.3 is 5.32 Å². The standard InChI is InChI=1S/C19H21F3N2O3/c1-11-6-7-12-13(10-11)18(27)24(17(12)26)9-8-16(25)23-15-5-3-2-4-14(15)19(20,21)22/h6-7,10,14-15H,2-5,8-9H2,1H3,(H,23,25). The van der Waals surface area contributed by atoms with Gasteiger partial charge in [-0.1, -0.05) is 24.5 Å². The Morgan fingerprint density at radius 2 is 1.81 bits per heavy atom. The number of carbonyl (C=O) groups excluding carboxylic acids is 3. The fraction of sp³-hybridized carbons (Fsp3) is 0.526. The number of nitrogens with zero attached hydrogens (tertiary/aromatic N) is 1. The summed E-state index contributed by atoms with van der Waals surface area (Å²) < 4.78 is 39.3. The molecule has 1 aromatic carbocycles. The maximum Gasteiger partial charge on any atom is 0.393 e. The molecule has 2 unspecified atom stereocenters. The van der Waals surface area contributed by atoms with Crippen LogP contribution in [-0.2, 0) is 4.79 Å². The Bertz CT molecular complexity index is 776. The molecule has 2 aliphatic rings. The van der Waals surface area contributed by atoms with Gasteiger partial charge in [-0.3, -0.25) is 19.3 Å². The van der Waals surface area contributed by atoms with Gasteiger partial charge in [0.05, 0.1) is 17.0 Å². The van der Waals surface area contributed by atoms with Gasteiger partial charge in [-0.15, -0.1) is 0 Å². The third kappa shape index (κ3) is 3.99. The Hall–Kier alpha value is -2.38. The molecule has 3 rings (SSSR count). The molecule has 0 saturated heterocycles. The van der Waals surface area contributed by atoms with Gasteiger partial charge in [0.1, 0.15) is 0 Å². The molecule has 5 nitrogen and oxygen atoms in total. The summed E-state index contributed by atoms with van der Waals surface area (Å²) in [6, 6.07) is 3.96. The number of aryl methyl sites for hydroxylation is 1. The van der Waals surface area contributed by atoms with Crippen LogP contribution in [0.25, 0.3) is 0 Å². The van der Waals surface area contributed by atoms with E-state index in [4.69, 9.17) is 0 Å². The molecule has 3 amide bonds. The summed E-state index contributed by atoms with van der Waals surface area (Å²) in [6.45, 7) is 1.65. The molecule has 8 heteroatoms. The van der Waals surface area contributed by atoms with Crippen molar-refractivity contribution in [1.29, 1.82) is 0 Å². The van der Waals surface area contributed by atoms with Crippen LogP contribution in [0.4, 0.5) is 13.2 Å². The van der Waals surface area contributed by atoms with E-state index in [9.17, 15) is 27.6 Å². The lowest BCUT2D eigenvalue weighted by molar-refractivity contribution is -0.189. The van der Waals surface area contributed by atoms with Gasteiger partial charge in [0.15, 0.2) is 0 Å². The predicted molar refractivity (Wildman–Crippen MR) is 91.1 cm³/mol. The molecule has 1 aromatic rings. The van der Waals surface area contributed by atoms with Crippen LogP contribution >= 0.6 is 0 Å². The topological polar surface area (TPSA) is 66.5 Å². The van der Waals surface area contributed by atoms with Crippen molar-refractivity contribution in [2.45, 2.75) is 51.2 Å². The monoisotopic (exact) mass is 382 g/mol. The van der Waals surface area contributed by atoms with E-state index in [-0.39, 0.29) is 31.4 Å². The Morgan fingerprint density at radius 1 is 1.15 bits per heavy atom. The average Bonchev–Trinajstić information content (AvgIpc) is 2.83. The summed E-state index contributed by atoms with van der Waals surface area (Å²) in [5.41, 5.74) is 1.42. The van der Waals surface area contributed by atoms with Crippen molar-refractivity contribution >= 4 is 17.7 Å². The van der Waals surface area contributed by atoms with E-state index in [0.717, 1.165) is 10.5 Å². The molecule has 27 heavy (non-hydrogen) atoms. The minimum absolute atomic E-state index is 0.00615. The van der Waals surface area contributed by atoms with Crippen molar-refractivity contribution < 1.29 is 27.6 Å². The number of nitrogens with one attached hydrogen (secondary N) is 1. The normalized spacial score (nSPS) is 22.7. The number of alkyl halides is 3. The van der Waals surface area contributed by atoms with Gasteiger partial charge >= 0.3 is 6.18 Å². The highest BCUT2D eigenvalue weighted by atomic mass is 19.4. The van der Waals surface area contributed by atoms with Gasteiger partial charge in [-0.2, -0.15) is 13.2 Å². The van der Waals surface area contributed by atoms with Gasteiger partial charge in [-0.25, -0.2) is 0 Å². The zero-order valence-electron chi connectivity index (χ0n) is 14.9. The lowest BCUT2D eigenvalue weighted by Crippen LogP contribution is -2.48. The third-order valence-electron chi connectivity index (χ3n) is 5.22. The van der Waals surface area contributed by atoms with Crippen molar-refractivity contribution in [3.05, 3.63) is 34.9 Å². The first-order valence-electron chi connectivity index (χ1n) is 9.01. The SMILES string of the molecule is Cc1ccc2c(c1)C(=O)N(CCC(=O)NC1CCCCC1C(F)(F)F)C2=O.